The number of phenols is 2. The van der Waals surface area contributed by atoms with Gasteiger partial charge in [-0.2, -0.15) is 0 Å². The monoisotopic (exact) mass is 261 g/mol. The van der Waals surface area contributed by atoms with Crippen molar-refractivity contribution in [1.82, 2.24) is 4.98 Å². The van der Waals surface area contributed by atoms with E-state index in [9.17, 15) is 14.6 Å². The molecule has 0 bridgehead atoms. The van der Waals surface area contributed by atoms with Crippen molar-refractivity contribution in [2.45, 2.75) is 0 Å². The lowest BCUT2D eigenvalue weighted by atomic mass is 10.2. The highest BCUT2D eigenvalue weighted by Crippen LogP contribution is 2.36. The van der Waals surface area contributed by atoms with Gasteiger partial charge in [-0.05, 0) is 30.3 Å². The van der Waals surface area contributed by atoms with Crippen LogP contribution in [-0.2, 0) is 0 Å². The number of phenolic OH excluding ortho intramolecular Hbond substituents is 2. The van der Waals surface area contributed by atoms with Crippen LogP contribution in [0.1, 0.15) is 0 Å². The van der Waals surface area contributed by atoms with Crippen LogP contribution in [0.25, 0.3) is 20.8 Å². The van der Waals surface area contributed by atoms with Gasteiger partial charge in [0, 0.05) is 6.07 Å². The molecule has 90 valence electrons. The zero-order valence-electron chi connectivity index (χ0n) is 9.09. The van der Waals surface area contributed by atoms with E-state index in [1.165, 1.54) is 35.6 Å². The summed E-state index contributed by atoms with van der Waals surface area (Å²) in [4.78, 5) is 4.32. The average Bonchev–Trinajstić information content (AvgIpc) is 2.71. The minimum atomic E-state index is -0.312. The number of benzene rings is 2. The molecule has 0 amide bonds. The van der Waals surface area contributed by atoms with Crippen LogP contribution in [0.15, 0.2) is 36.4 Å². The van der Waals surface area contributed by atoms with Crippen LogP contribution >= 0.6 is 11.3 Å². The van der Waals surface area contributed by atoms with E-state index in [4.69, 9.17) is 0 Å². The number of aromatic nitrogens is 1. The van der Waals surface area contributed by atoms with E-state index >= 15 is 0 Å². The predicted molar refractivity (Wildman–Crippen MR) is 68.3 cm³/mol. The summed E-state index contributed by atoms with van der Waals surface area (Å²) in [6.45, 7) is 0. The van der Waals surface area contributed by atoms with Crippen LogP contribution in [-0.4, -0.2) is 15.2 Å². The largest absolute Gasteiger partial charge is 0.508 e. The minimum Gasteiger partial charge on any atom is -0.508 e. The predicted octanol–water partition coefficient (Wildman–Crippen LogP) is 3.51. The molecule has 1 heterocycles. The molecule has 0 radical (unpaired) electrons. The first-order chi connectivity index (χ1) is 8.63. The second-order valence-corrected chi connectivity index (χ2v) is 4.86. The highest BCUT2D eigenvalue weighted by molar-refractivity contribution is 7.21. The van der Waals surface area contributed by atoms with E-state index in [2.05, 4.69) is 4.98 Å². The maximum absolute atomic E-state index is 13.1. The normalized spacial score (nSPS) is 10.9. The molecule has 0 unspecified atom stereocenters. The first-order valence-corrected chi connectivity index (χ1v) is 6.03. The molecule has 5 heteroatoms. The summed E-state index contributed by atoms with van der Waals surface area (Å²) >= 11 is 1.29. The third-order valence-electron chi connectivity index (χ3n) is 2.56. The molecule has 0 fully saturated rings. The highest BCUT2D eigenvalue weighted by atomic mass is 32.1. The van der Waals surface area contributed by atoms with E-state index in [1.807, 2.05) is 0 Å². The number of hydrogen-bond acceptors (Lipinski definition) is 4. The lowest BCUT2D eigenvalue weighted by molar-refractivity contribution is 0.452. The number of nitrogens with zero attached hydrogens (tertiary/aromatic N) is 1. The van der Waals surface area contributed by atoms with E-state index < -0.39 is 0 Å². The fourth-order valence-corrected chi connectivity index (χ4v) is 2.74. The summed E-state index contributed by atoms with van der Waals surface area (Å²) in [5.74, 6) is -0.370. The third kappa shape index (κ3) is 1.78. The molecule has 2 N–H and O–H groups in total. The Morgan fingerprint density at radius 1 is 1.06 bits per heavy atom. The minimum absolute atomic E-state index is 0.0107. The lowest BCUT2D eigenvalue weighted by Crippen LogP contribution is -1.77. The molecular weight excluding hydrogens is 253 g/mol. The van der Waals surface area contributed by atoms with Crippen LogP contribution in [0.3, 0.4) is 0 Å². The molecule has 0 aliphatic carbocycles. The van der Waals surface area contributed by atoms with Gasteiger partial charge in [-0.1, -0.05) is 0 Å². The third-order valence-corrected chi connectivity index (χ3v) is 3.61. The molecule has 3 nitrogen and oxygen atoms in total. The Balaban J connectivity index is 2.19. The van der Waals surface area contributed by atoms with E-state index in [1.54, 1.807) is 12.1 Å². The molecule has 3 rings (SSSR count). The summed E-state index contributed by atoms with van der Waals surface area (Å²) in [7, 11) is 0. The van der Waals surface area contributed by atoms with Crippen molar-refractivity contribution in [2.75, 3.05) is 0 Å². The Morgan fingerprint density at radius 3 is 2.67 bits per heavy atom. The molecule has 0 aliphatic rings. The first kappa shape index (κ1) is 11.0. The van der Waals surface area contributed by atoms with Gasteiger partial charge in [0.05, 0.1) is 15.8 Å². The number of aromatic hydroxyl groups is 2. The van der Waals surface area contributed by atoms with Gasteiger partial charge in [0.25, 0.3) is 0 Å². The van der Waals surface area contributed by atoms with Gasteiger partial charge in [-0.25, -0.2) is 9.37 Å². The van der Waals surface area contributed by atoms with Crippen LogP contribution in [0.5, 0.6) is 11.5 Å². The van der Waals surface area contributed by atoms with Crippen LogP contribution < -0.4 is 0 Å². The summed E-state index contributed by atoms with van der Waals surface area (Å²) in [5.41, 5.74) is 1.21. The fraction of sp³-hybridized carbons (Fsp3) is 0. The van der Waals surface area contributed by atoms with Crippen molar-refractivity contribution < 1.29 is 14.6 Å². The van der Waals surface area contributed by atoms with E-state index in [-0.39, 0.29) is 17.3 Å². The maximum atomic E-state index is 13.1. The summed E-state index contributed by atoms with van der Waals surface area (Å²) in [6, 6.07) is 8.67. The van der Waals surface area contributed by atoms with Crippen molar-refractivity contribution in [3.8, 4) is 22.1 Å². The van der Waals surface area contributed by atoms with Crippen molar-refractivity contribution in [2.24, 2.45) is 0 Å². The van der Waals surface area contributed by atoms with Crippen molar-refractivity contribution >= 4 is 21.6 Å². The van der Waals surface area contributed by atoms with Gasteiger partial charge in [0.15, 0.2) is 0 Å². The smallest absolute Gasteiger partial charge is 0.129 e. The topological polar surface area (TPSA) is 53.4 Å². The average molecular weight is 261 g/mol. The van der Waals surface area contributed by atoms with Gasteiger partial charge in [-0.15, -0.1) is 11.3 Å². The fourth-order valence-electron chi connectivity index (χ4n) is 1.71. The number of thiazole rings is 1. The molecular formula is C13H8FNO2S. The summed E-state index contributed by atoms with van der Waals surface area (Å²) < 4.78 is 13.8. The standard InChI is InChI=1S/C13H8FNO2S/c14-7-1-4-10-12(5-7)18-13(15-10)9-3-2-8(16)6-11(9)17/h1-6,16-17H. The van der Waals surface area contributed by atoms with Crippen LogP contribution in [0, 0.1) is 5.82 Å². The van der Waals surface area contributed by atoms with Gasteiger partial charge in [0.1, 0.15) is 22.3 Å². The molecule has 0 atom stereocenters. The Kier molecular flexibility index (Phi) is 2.41. The van der Waals surface area contributed by atoms with Crippen LogP contribution in [0.4, 0.5) is 4.39 Å². The van der Waals surface area contributed by atoms with E-state index in [0.717, 1.165) is 4.70 Å². The highest BCUT2D eigenvalue weighted by Gasteiger charge is 2.11. The zero-order valence-corrected chi connectivity index (χ0v) is 9.91. The molecule has 0 spiro atoms. The van der Waals surface area contributed by atoms with Gasteiger partial charge in [-0.3, -0.25) is 0 Å². The quantitative estimate of drug-likeness (QED) is 0.704. The first-order valence-electron chi connectivity index (χ1n) is 5.22. The molecule has 0 saturated carbocycles. The Morgan fingerprint density at radius 2 is 1.89 bits per heavy atom. The van der Waals surface area contributed by atoms with E-state index in [0.29, 0.717) is 16.1 Å². The molecule has 3 aromatic rings. The lowest BCUT2D eigenvalue weighted by Gasteiger charge is -2.00. The molecule has 0 aliphatic heterocycles. The molecule has 2 aromatic carbocycles. The van der Waals surface area contributed by atoms with Gasteiger partial charge < -0.3 is 10.2 Å². The molecule has 0 saturated heterocycles. The SMILES string of the molecule is Oc1ccc(-c2nc3ccc(F)cc3s2)c(O)c1. The number of fused-ring (bicyclic) bond motifs is 1. The molecule has 18 heavy (non-hydrogen) atoms. The Bertz CT molecular complexity index is 739. The summed E-state index contributed by atoms with van der Waals surface area (Å²) in [5, 5.41) is 19.6. The second kappa shape index (κ2) is 3.96. The number of halogens is 1. The van der Waals surface area contributed by atoms with Crippen LogP contribution in [0.2, 0.25) is 0 Å². The maximum Gasteiger partial charge on any atom is 0.129 e. The second-order valence-electron chi connectivity index (χ2n) is 3.83. The van der Waals surface area contributed by atoms with Crippen molar-refractivity contribution in [3.63, 3.8) is 0 Å². The van der Waals surface area contributed by atoms with Gasteiger partial charge in [0.2, 0.25) is 0 Å². The number of rotatable bonds is 1. The number of hydrogen-bond donors (Lipinski definition) is 2. The Labute approximate surface area is 106 Å². The van der Waals surface area contributed by atoms with Gasteiger partial charge >= 0.3 is 0 Å². The van der Waals surface area contributed by atoms with Crippen molar-refractivity contribution in [1.29, 1.82) is 0 Å². The zero-order chi connectivity index (χ0) is 12.7. The Hall–Kier alpha value is -2.14. The molecule has 1 aromatic heterocycles. The van der Waals surface area contributed by atoms with Crippen molar-refractivity contribution in [3.05, 3.63) is 42.2 Å². The summed E-state index contributed by atoms with van der Waals surface area (Å²) in [6.07, 6.45) is 0.